The second-order valence-corrected chi connectivity index (χ2v) is 2.32. The monoisotopic (exact) mass is 172 g/mol. The van der Waals surface area contributed by atoms with E-state index in [1.807, 2.05) is 24.3 Å². The van der Waals surface area contributed by atoms with Crippen molar-refractivity contribution in [3.63, 3.8) is 0 Å². The lowest BCUT2D eigenvalue weighted by molar-refractivity contribution is 1.52. The zero-order valence-electron chi connectivity index (χ0n) is 5.22. The molecule has 0 aromatic heterocycles. The molecule has 10 heavy (non-hydrogen) atoms. The minimum absolute atomic E-state index is 0.969. The number of hydrogen-bond donors (Lipinski definition) is 0. The molecule has 2 heteroatoms. The molecule has 0 saturated carbocycles. The van der Waals surface area contributed by atoms with E-state index in [4.69, 9.17) is 23.2 Å². The van der Waals surface area contributed by atoms with Gasteiger partial charge in [0, 0.05) is 0 Å². The maximum Gasteiger partial charge on any atom is 0.0790 e. The van der Waals surface area contributed by atoms with Crippen LogP contribution in [0.15, 0.2) is 24.3 Å². The zero-order chi connectivity index (χ0) is 7.40. The highest BCUT2D eigenvalue weighted by atomic mass is 35.5. The summed E-state index contributed by atoms with van der Waals surface area (Å²) >= 11 is 10.9. The molecule has 1 aromatic carbocycles. The SMILES string of the molecule is Cl[CH]c1cccc([CH]Cl)c1. The molecule has 52 valence electrons. The van der Waals surface area contributed by atoms with E-state index in [1.165, 1.54) is 11.8 Å². The van der Waals surface area contributed by atoms with Crippen LogP contribution in [0.5, 0.6) is 0 Å². The summed E-state index contributed by atoms with van der Waals surface area (Å²) in [6.07, 6.45) is 0. The second-order valence-electron chi connectivity index (χ2n) is 1.89. The number of rotatable bonds is 2. The van der Waals surface area contributed by atoms with Gasteiger partial charge in [0.2, 0.25) is 0 Å². The molecule has 0 saturated heterocycles. The van der Waals surface area contributed by atoms with Crippen molar-refractivity contribution in [2.45, 2.75) is 0 Å². The predicted octanol–water partition coefficient (Wildman–Crippen LogP) is 3.18. The Morgan fingerprint density at radius 3 is 1.90 bits per heavy atom. The molecule has 0 fully saturated rings. The van der Waals surface area contributed by atoms with Gasteiger partial charge in [0.05, 0.1) is 11.8 Å². The lowest BCUT2D eigenvalue weighted by Gasteiger charge is -1.96. The second kappa shape index (κ2) is 3.85. The molecule has 0 aliphatic rings. The van der Waals surface area contributed by atoms with Crippen LogP contribution in [-0.4, -0.2) is 0 Å². The molecule has 0 nitrogen and oxygen atoms in total. The van der Waals surface area contributed by atoms with Crippen LogP contribution in [0.3, 0.4) is 0 Å². The summed E-state index contributed by atoms with van der Waals surface area (Å²) in [4.78, 5) is 0. The van der Waals surface area contributed by atoms with Gasteiger partial charge in [-0.1, -0.05) is 24.3 Å². The highest BCUT2D eigenvalue weighted by Gasteiger charge is 1.92. The first-order valence-corrected chi connectivity index (χ1v) is 3.71. The van der Waals surface area contributed by atoms with Gasteiger partial charge in [0.1, 0.15) is 0 Å². The van der Waals surface area contributed by atoms with E-state index in [2.05, 4.69) is 0 Å². The minimum atomic E-state index is 0.969. The Morgan fingerprint density at radius 1 is 1.00 bits per heavy atom. The van der Waals surface area contributed by atoms with Crippen molar-refractivity contribution in [2.75, 3.05) is 0 Å². The van der Waals surface area contributed by atoms with E-state index >= 15 is 0 Å². The third-order valence-electron chi connectivity index (χ3n) is 1.16. The summed E-state index contributed by atoms with van der Waals surface area (Å²) in [6.45, 7) is 0. The Bertz CT molecular complexity index is 189. The van der Waals surface area contributed by atoms with E-state index in [1.54, 1.807) is 0 Å². The van der Waals surface area contributed by atoms with Crippen LogP contribution >= 0.6 is 23.2 Å². The highest BCUT2D eigenvalue weighted by Crippen LogP contribution is 2.11. The average molecular weight is 173 g/mol. The van der Waals surface area contributed by atoms with Crippen molar-refractivity contribution >= 4 is 23.2 Å². The fourth-order valence-electron chi connectivity index (χ4n) is 0.695. The van der Waals surface area contributed by atoms with Gasteiger partial charge in [0.15, 0.2) is 0 Å². The normalized spacial score (nSPS) is 9.80. The Morgan fingerprint density at radius 2 is 1.50 bits per heavy atom. The van der Waals surface area contributed by atoms with Crippen molar-refractivity contribution in [1.29, 1.82) is 0 Å². The number of benzene rings is 1. The van der Waals surface area contributed by atoms with Gasteiger partial charge < -0.3 is 0 Å². The fourth-order valence-corrected chi connectivity index (χ4v) is 0.966. The van der Waals surface area contributed by atoms with Crippen LogP contribution in [0.4, 0.5) is 0 Å². The van der Waals surface area contributed by atoms with E-state index in [-0.39, 0.29) is 0 Å². The van der Waals surface area contributed by atoms with Crippen LogP contribution in [0.2, 0.25) is 0 Å². The number of halogens is 2. The Hall–Kier alpha value is -0.200. The summed E-state index contributed by atoms with van der Waals surface area (Å²) in [5.41, 5.74) is 1.94. The third-order valence-corrected chi connectivity index (χ3v) is 1.67. The first kappa shape index (κ1) is 7.90. The van der Waals surface area contributed by atoms with Gasteiger partial charge in [-0.25, -0.2) is 0 Å². The topological polar surface area (TPSA) is 0 Å². The number of hydrogen-bond acceptors (Lipinski definition) is 0. The molecule has 0 N–H and O–H groups in total. The smallest absolute Gasteiger partial charge is 0.0790 e. The molecule has 0 spiro atoms. The van der Waals surface area contributed by atoms with Crippen LogP contribution in [-0.2, 0) is 0 Å². The van der Waals surface area contributed by atoms with E-state index in [0.29, 0.717) is 0 Å². The molecule has 2 radical (unpaired) electrons. The lowest BCUT2D eigenvalue weighted by Crippen LogP contribution is -1.78. The van der Waals surface area contributed by atoms with Crippen molar-refractivity contribution in [2.24, 2.45) is 0 Å². The molecule has 0 heterocycles. The Kier molecular flexibility index (Phi) is 3.04. The summed E-state index contributed by atoms with van der Waals surface area (Å²) in [6, 6.07) is 7.64. The van der Waals surface area contributed by atoms with Crippen molar-refractivity contribution < 1.29 is 0 Å². The van der Waals surface area contributed by atoms with Crippen molar-refractivity contribution in [1.82, 2.24) is 0 Å². The molecule has 0 amide bonds. The van der Waals surface area contributed by atoms with Crippen LogP contribution in [0, 0.1) is 11.8 Å². The largest absolute Gasteiger partial charge is 0.116 e. The van der Waals surface area contributed by atoms with Gasteiger partial charge in [-0.05, 0) is 11.1 Å². The molecular weight excluding hydrogens is 167 g/mol. The molecule has 0 aliphatic carbocycles. The minimum Gasteiger partial charge on any atom is -0.116 e. The molecule has 0 bridgehead atoms. The Balaban J connectivity index is 2.87. The molecule has 1 rings (SSSR count). The lowest BCUT2D eigenvalue weighted by atomic mass is 10.2. The summed E-state index contributed by atoms with van der Waals surface area (Å²) in [5, 5.41) is 0. The molecular formula is C8H6Cl2. The first-order chi connectivity index (χ1) is 4.86. The van der Waals surface area contributed by atoms with Gasteiger partial charge >= 0.3 is 0 Å². The van der Waals surface area contributed by atoms with Gasteiger partial charge in [-0.15, -0.1) is 23.2 Å². The third kappa shape index (κ3) is 1.89. The summed E-state index contributed by atoms with van der Waals surface area (Å²) in [5.74, 6) is 3.04. The van der Waals surface area contributed by atoms with Gasteiger partial charge in [-0.3, -0.25) is 0 Å². The van der Waals surface area contributed by atoms with Gasteiger partial charge in [-0.2, -0.15) is 0 Å². The van der Waals surface area contributed by atoms with E-state index in [9.17, 15) is 0 Å². The van der Waals surface area contributed by atoms with Gasteiger partial charge in [0.25, 0.3) is 0 Å². The Labute approximate surface area is 70.8 Å². The highest BCUT2D eigenvalue weighted by molar-refractivity contribution is 6.25. The molecule has 0 unspecified atom stereocenters. The summed E-state index contributed by atoms with van der Waals surface area (Å²) < 4.78 is 0. The van der Waals surface area contributed by atoms with Crippen LogP contribution < -0.4 is 0 Å². The van der Waals surface area contributed by atoms with Crippen LogP contribution in [0.25, 0.3) is 0 Å². The van der Waals surface area contributed by atoms with E-state index < -0.39 is 0 Å². The molecule has 1 aromatic rings. The molecule has 0 atom stereocenters. The molecule has 0 aliphatic heterocycles. The summed E-state index contributed by atoms with van der Waals surface area (Å²) in [7, 11) is 0. The fraction of sp³-hybridized carbons (Fsp3) is 0. The van der Waals surface area contributed by atoms with E-state index in [0.717, 1.165) is 11.1 Å². The first-order valence-electron chi connectivity index (χ1n) is 2.84. The maximum absolute atomic E-state index is 5.47. The van der Waals surface area contributed by atoms with Crippen molar-refractivity contribution in [3.05, 3.63) is 47.2 Å². The average Bonchev–Trinajstić information content (AvgIpc) is 2.05. The predicted molar refractivity (Wildman–Crippen MR) is 45.0 cm³/mol. The quantitative estimate of drug-likeness (QED) is 0.644. The standard InChI is InChI=1S/C8H6Cl2/c9-5-7-2-1-3-8(4-7)6-10/h1-6H. The zero-order valence-corrected chi connectivity index (χ0v) is 6.73. The maximum atomic E-state index is 5.47. The van der Waals surface area contributed by atoms with Crippen LogP contribution in [0.1, 0.15) is 11.1 Å². The van der Waals surface area contributed by atoms with Crippen molar-refractivity contribution in [3.8, 4) is 0 Å².